The van der Waals surface area contributed by atoms with Crippen molar-refractivity contribution in [2.45, 2.75) is 45.6 Å². The number of anilines is 1. The summed E-state index contributed by atoms with van der Waals surface area (Å²) in [5, 5.41) is 13.3. The molecule has 0 bridgehead atoms. The molecule has 0 fully saturated rings. The van der Waals surface area contributed by atoms with Gasteiger partial charge in [0, 0.05) is 6.54 Å². The van der Waals surface area contributed by atoms with Crippen LogP contribution in [-0.4, -0.2) is 29.3 Å². The molecule has 0 aliphatic carbocycles. The van der Waals surface area contributed by atoms with Crippen LogP contribution in [0.25, 0.3) is 0 Å². The average molecular weight is 365 g/mol. The molecule has 0 radical (unpaired) electrons. The fourth-order valence-electron chi connectivity index (χ4n) is 2.62. The van der Waals surface area contributed by atoms with Gasteiger partial charge in [0.15, 0.2) is 0 Å². The highest BCUT2D eigenvalue weighted by Gasteiger charge is 2.20. The van der Waals surface area contributed by atoms with E-state index in [4.69, 9.17) is 5.11 Å². The lowest BCUT2D eigenvalue weighted by molar-refractivity contribution is 0.0696. The van der Waals surface area contributed by atoms with Crippen LogP contribution in [0.5, 0.6) is 0 Å². The Balaban J connectivity index is 2.35. The Kier molecular flexibility index (Phi) is 5.52. The Bertz CT molecular complexity index is 885. The van der Waals surface area contributed by atoms with Crippen LogP contribution >= 0.6 is 0 Å². The van der Waals surface area contributed by atoms with Crippen LogP contribution in [0, 0.1) is 12.8 Å². The molecule has 0 saturated heterocycles. The van der Waals surface area contributed by atoms with E-state index in [0.29, 0.717) is 30.1 Å². The minimum Gasteiger partial charge on any atom is -0.478 e. The zero-order valence-electron chi connectivity index (χ0n) is 14.8. The van der Waals surface area contributed by atoms with Crippen molar-refractivity contribution in [3.05, 3.63) is 41.2 Å². The molecule has 2 rings (SSSR count). The number of nitrogens with one attached hydrogen (secondary N) is 1. The molecule has 0 spiro atoms. The number of nitrogens with zero attached hydrogens (tertiary/aromatic N) is 2. The first-order valence-corrected chi connectivity index (χ1v) is 9.55. The Morgan fingerprint density at radius 3 is 2.56 bits per heavy atom. The van der Waals surface area contributed by atoms with Gasteiger partial charge in [-0.2, -0.15) is 5.10 Å². The molecule has 1 aromatic carbocycles. The van der Waals surface area contributed by atoms with Gasteiger partial charge in [0.2, 0.25) is 0 Å². The number of aromatic nitrogens is 2. The number of aryl methyl sites for hydroxylation is 1. The van der Waals surface area contributed by atoms with Crippen molar-refractivity contribution in [1.82, 2.24) is 9.78 Å². The summed E-state index contributed by atoms with van der Waals surface area (Å²) in [5.74, 6) is -0.696. The van der Waals surface area contributed by atoms with E-state index in [1.807, 2.05) is 6.92 Å². The first-order valence-electron chi connectivity index (χ1n) is 8.07. The molecule has 136 valence electrons. The number of aromatic carboxylic acids is 1. The molecule has 2 aromatic rings. The molecule has 0 saturated carbocycles. The summed E-state index contributed by atoms with van der Waals surface area (Å²) in [6, 6.07) is 3.95. The summed E-state index contributed by atoms with van der Waals surface area (Å²) >= 11 is 0. The Labute approximate surface area is 147 Å². The SMILES string of the molecule is CCc1c(NS(=O)(=O)c2ccc(C(=O)O)c(C)c2)cnn1CC(C)C. The van der Waals surface area contributed by atoms with E-state index in [1.54, 1.807) is 11.6 Å². The second-order valence-electron chi connectivity index (χ2n) is 6.32. The van der Waals surface area contributed by atoms with Crippen molar-refractivity contribution >= 4 is 21.7 Å². The quantitative estimate of drug-likeness (QED) is 0.785. The molecule has 25 heavy (non-hydrogen) atoms. The number of hydrogen-bond acceptors (Lipinski definition) is 4. The lowest BCUT2D eigenvalue weighted by Crippen LogP contribution is -2.16. The van der Waals surface area contributed by atoms with Crippen molar-refractivity contribution in [1.29, 1.82) is 0 Å². The van der Waals surface area contributed by atoms with Crippen LogP contribution in [0.1, 0.15) is 42.4 Å². The highest BCUT2D eigenvalue weighted by molar-refractivity contribution is 7.92. The van der Waals surface area contributed by atoms with E-state index in [0.717, 1.165) is 5.69 Å². The standard InChI is InChI=1S/C17H23N3O4S/c1-5-16-15(9-18-20(16)10-11(2)3)19-25(23,24)13-6-7-14(17(21)22)12(4)8-13/h6-9,11,19H,5,10H2,1-4H3,(H,21,22). The third-order valence-corrected chi connectivity index (χ3v) is 5.17. The molecule has 1 aromatic heterocycles. The van der Waals surface area contributed by atoms with Gasteiger partial charge in [-0.1, -0.05) is 20.8 Å². The van der Waals surface area contributed by atoms with Crippen LogP contribution in [0.2, 0.25) is 0 Å². The van der Waals surface area contributed by atoms with Crippen molar-refractivity contribution in [2.75, 3.05) is 4.72 Å². The first-order chi connectivity index (χ1) is 11.7. The lowest BCUT2D eigenvalue weighted by Gasteiger charge is -2.12. The topological polar surface area (TPSA) is 101 Å². The van der Waals surface area contributed by atoms with Crippen molar-refractivity contribution in [3.63, 3.8) is 0 Å². The molecule has 0 unspecified atom stereocenters. The predicted octanol–water partition coefficient (Wildman–Crippen LogP) is 2.91. The molecule has 0 atom stereocenters. The molecule has 8 heteroatoms. The number of benzene rings is 1. The monoisotopic (exact) mass is 365 g/mol. The maximum atomic E-state index is 12.6. The number of carboxylic acids is 1. The van der Waals surface area contributed by atoms with E-state index in [-0.39, 0.29) is 10.5 Å². The van der Waals surface area contributed by atoms with Gasteiger partial charge in [-0.3, -0.25) is 9.40 Å². The summed E-state index contributed by atoms with van der Waals surface area (Å²) in [7, 11) is -3.82. The lowest BCUT2D eigenvalue weighted by atomic mass is 10.1. The molecule has 1 heterocycles. The van der Waals surface area contributed by atoms with E-state index < -0.39 is 16.0 Å². The number of hydrogen-bond donors (Lipinski definition) is 2. The average Bonchev–Trinajstić information content (AvgIpc) is 2.86. The maximum Gasteiger partial charge on any atom is 0.335 e. The van der Waals surface area contributed by atoms with Gasteiger partial charge in [-0.15, -0.1) is 0 Å². The summed E-state index contributed by atoms with van der Waals surface area (Å²) in [4.78, 5) is 11.1. The highest BCUT2D eigenvalue weighted by atomic mass is 32.2. The number of rotatable bonds is 7. The van der Waals surface area contributed by atoms with E-state index >= 15 is 0 Å². The number of sulfonamides is 1. The molecule has 2 N–H and O–H groups in total. The summed E-state index contributed by atoms with van der Waals surface area (Å²) in [6.45, 7) is 8.35. The van der Waals surface area contributed by atoms with E-state index in [2.05, 4.69) is 23.7 Å². The molecule has 0 aliphatic rings. The van der Waals surface area contributed by atoms with Gasteiger partial charge in [0.25, 0.3) is 10.0 Å². The number of carboxylic acid groups (broad SMARTS) is 1. The van der Waals surface area contributed by atoms with Crippen LogP contribution in [0.3, 0.4) is 0 Å². The Morgan fingerprint density at radius 1 is 1.36 bits per heavy atom. The Morgan fingerprint density at radius 2 is 2.04 bits per heavy atom. The van der Waals surface area contributed by atoms with Gasteiger partial charge in [0.05, 0.1) is 28.0 Å². The third-order valence-electron chi connectivity index (χ3n) is 3.80. The van der Waals surface area contributed by atoms with Gasteiger partial charge < -0.3 is 5.11 Å². The van der Waals surface area contributed by atoms with Crippen molar-refractivity contribution in [2.24, 2.45) is 5.92 Å². The molecule has 0 amide bonds. The zero-order chi connectivity index (χ0) is 18.8. The maximum absolute atomic E-state index is 12.6. The molecular weight excluding hydrogens is 342 g/mol. The minimum absolute atomic E-state index is 0.0219. The molecular formula is C17H23N3O4S. The van der Waals surface area contributed by atoms with Crippen molar-refractivity contribution in [3.8, 4) is 0 Å². The van der Waals surface area contributed by atoms with E-state index in [9.17, 15) is 13.2 Å². The van der Waals surface area contributed by atoms with Crippen LogP contribution in [0.4, 0.5) is 5.69 Å². The second-order valence-corrected chi connectivity index (χ2v) is 8.00. The highest BCUT2D eigenvalue weighted by Crippen LogP contribution is 2.23. The second kappa shape index (κ2) is 7.26. The summed E-state index contributed by atoms with van der Waals surface area (Å²) in [5.41, 5.74) is 1.74. The third kappa shape index (κ3) is 4.19. The molecule has 7 nitrogen and oxygen atoms in total. The largest absolute Gasteiger partial charge is 0.478 e. The predicted molar refractivity (Wildman–Crippen MR) is 95.4 cm³/mol. The summed E-state index contributed by atoms with van der Waals surface area (Å²) < 4.78 is 29.6. The summed E-state index contributed by atoms with van der Waals surface area (Å²) in [6.07, 6.45) is 2.15. The normalized spacial score (nSPS) is 11.7. The van der Waals surface area contributed by atoms with Crippen LogP contribution < -0.4 is 4.72 Å². The zero-order valence-corrected chi connectivity index (χ0v) is 15.6. The number of carbonyl (C=O) groups is 1. The Hall–Kier alpha value is -2.35. The smallest absolute Gasteiger partial charge is 0.335 e. The fraction of sp³-hybridized carbons (Fsp3) is 0.412. The van der Waals surface area contributed by atoms with Crippen molar-refractivity contribution < 1.29 is 18.3 Å². The van der Waals surface area contributed by atoms with Gasteiger partial charge in [-0.25, -0.2) is 13.2 Å². The van der Waals surface area contributed by atoms with Gasteiger partial charge in [-0.05, 0) is 43.0 Å². The fourth-order valence-corrected chi connectivity index (χ4v) is 3.78. The minimum atomic E-state index is -3.82. The van der Waals surface area contributed by atoms with Gasteiger partial charge in [0.1, 0.15) is 0 Å². The van der Waals surface area contributed by atoms with E-state index in [1.165, 1.54) is 24.4 Å². The van der Waals surface area contributed by atoms with Crippen LogP contribution in [0.15, 0.2) is 29.3 Å². The molecule has 0 aliphatic heterocycles. The van der Waals surface area contributed by atoms with Crippen LogP contribution in [-0.2, 0) is 23.0 Å². The van der Waals surface area contributed by atoms with Gasteiger partial charge >= 0.3 is 5.97 Å². The first kappa shape index (κ1) is 19.0.